The van der Waals surface area contributed by atoms with Crippen LogP contribution in [0.2, 0.25) is 0 Å². The molecule has 0 saturated carbocycles. The van der Waals surface area contributed by atoms with Crippen LogP contribution in [-0.4, -0.2) is 32.2 Å². The van der Waals surface area contributed by atoms with Crippen LogP contribution < -0.4 is 10.6 Å². The van der Waals surface area contributed by atoms with Gasteiger partial charge in [0, 0.05) is 36.5 Å². The van der Waals surface area contributed by atoms with Gasteiger partial charge in [0.05, 0.1) is 17.0 Å². The highest BCUT2D eigenvalue weighted by Gasteiger charge is 2.17. The van der Waals surface area contributed by atoms with E-state index in [4.69, 9.17) is 5.11 Å². The first-order valence-electron chi connectivity index (χ1n) is 7.13. The van der Waals surface area contributed by atoms with E-state index in [-0.39, 0.29) is 17.4 Å². The smallest absolute Gasteiger partial charge is 0.409 e. The van der Waals surface area contributed by atoms with Crippen molar-refractivity contribution in [1.29, 1.82) is 0 Å². The summed E-state index contributed by atoms with van der Waals surface area (Å²) in [5.74, 6) is -0.0905. The summed E-state index contributed by atoms with van der Waals surface area (Å²) in [6, 6.07) is 4.78. The molecule has 0 unspecified atom stereocenters. The first kappa shape index (κ1) is 17.4. The molecule has 8 nitrogen and oxygen atoms in total. The van der Waals surface area contributed by atoms with Gasteiger partial charge in [-0.1, -0.05) is 6.07 Å². The number of amides is 2. The molecule has 0 bridgehead atoms. The topological polar surface area (TPSA) is 124 Å². The molecule has 126 valence electrons. The molecule has 24 heavy (non-hydrogen) atoms. The van der Waals surface area contributed by atoms with Gasteiger partial charge in [-0.25, -0.2) is 9.78 Å². The first-order valence-corrected chi connectivity index (χ1v) is 7.13. The molecule has 0 spiro atoms. The van der Waals surface area contributed by atoms with Gasteiger partial charge < -0.3 is 15.5 Å². The summed E-state index contributed by atoms with van der Waals surface area (Å²) < 4.78 is 0. The summed E-state index contributed by atoms with van der Waals surface area (Å²) in [6.07, 6.45) is 1.69. The van der Waals surface area contributed by atoms with Gasteiger partial charge in [0.15, 0.2) is 0 Å². The van der Waals surface area contributed by atoms with Gasteiger partial charge in [0.25, 0.3) is 0 Å². The van der Waals surface area contributed by atoms with E-state index in [0.29, 0.717) is 16.8 Å². The number of pyridine rings is 2. The van der Waals surface area contributed by atoms with E-state index in [0.717, 1.165) is 0 Å². The zero-order chi connectivity index (χ0) is 17.9. The Bertz CT molecular complexity index is 767. The van der Waals surface area contributed by atoms with Gasteiger partial charge >= 0.3 is 6.09 Å². The molecule has 2 amide bonds. The quantitative estimate of drug-likeness (QED) is 0.682. The standard InChI is InChI=1S/C16H18N4O4/c1-9(21)19-14-6-13(20-15(22)23)11(8-18-14)12-5-4-10(7-17-12)16(2,3)24/h4-8,24H,1-3H3,(H,22,23)(H2,18,19,20,21). The van der Waals surface area contributed by atoms with E-state index in [1.807, 2.05) is 0 Å². The molecule has 2 rings (SSSR count). The molecule has 2 aromatic rings. The van der Waals surface area contributed by atoms with Crippen molar-refractivity contribution in [3.05, 3.63) is 36.2 Å². The SMILES string of the molecule is CC(=O)Nc1cc(NC(=O)O)c(-c2ccc(C(C)(C)O)cn2)cn1. The number of hydrogen-bond acceptors (Lipinski definition) is 5. The number of anilines is 2. The van der Waals surface area contributed by atoms with Crippen LogP contribution in [0.1, 0.15) is 26.3 Å². The maximum Gasteiger partial charge on any atom is 0.409 e. The molecule has 0 radical (unpaired) electrons. The molecule has 0 fully saturated rings. The number of carboxylic acid groups (broad SMARTS) is 1. The molecule has 4 N–H and O–H groups in total. The summed E-state index contributed by atoms with van der Waals surface area (Å²) >= 11 is 0. The van der Waals surface area contributed by atoms with Crippen LogP contribution in [0.25, 0.3) is 11.3 Å². The van der Waals surface area contributed by atoms with Crippen molar-refractivity contribution < 1.29 is 19.8 Å². The fourth-order valence-corrected chi connectivity index (χ4v) is 2.04. The molecule has 0 aliphatic rings. The van der Waals surface area contributed by atoms with Gasteiger partial charge in [0.1, 0.15) is 5.82 Å². The van der Waals surface area contributed by atoms with E-state index in [9.17, 15) is 14.7 Å². The lowest BCUT2D eigenvalue weighted by Crippen LogP contribution is -2.15. The van der Waals surface area contributed by atoms with Crippen LogP contribution in [0.4, 0.5) is 16.3 Å². The monoisotopic (exact) mass is 330 g/mol. The Labute approximate surface area is 138 Å². The van der Waals surface area contributed by atoms with Crippen molar-refractivity contribution in [2.45, 2.75) is 26.4 Å². The van der Waals surface area contributed by atoms with Crippen molar-refractivity contribution in [1.82, 2.24) is 9.97 Å². The highest BCUT2D eigenvalue weighted by molar-refractivity contribution is 5.93. The highest BCUT2D eigenvalue weighted by atomic mass is 16.4. The molecular formula is C16H18N4O4. The first-order chi connectivity index (χ1) is 11.2. The minimum Gasteiger partial charge on any atom is -0.465 e. The molecule has 0 atom stereocenters. The molecule has 0 aliphatic carbocycles. The minimum atomic E-state index is -1.25. The molecule has 2 aromatic heterocycles. The van der Waals surface area contributed by atoms with E-state index >= 15 is 0 Å². The number of nitrogens with one attached hydrogen (secondary N) is 2. The zero-order valence-corrected chi connectivity index (χ0v) is 13.5. The van der Waals surface area contributed by atoms with Crippen molar-refractivity contribution in [3.8, 4) is 11.3 Å². The zero-order valence-electron chi connectivity index (χ0n) is 13.5. The molecule has 2 heterocycles. The Kier molecular flexibility index (Phi) is 4.79. The van der Waals surface area contributed by atoms with E-state index in [1.165, 1.54) is 25.4 Å². The summed E-state index contributed by atoms with van der Waals surface area (Å²) in [4.78, 5) is 30.4. The average Bonchev–Trinajstić information content (AvgIpc) is 2.45. The second kappa shape index (κ2) is 6.63. The van der Waals surface area contributed by atoms with Gasteiger partial charge in [-0.05, 0) is 19.9 Å². The molecule has 0 saturated heterocycles. The van der Waals surface area contributed by atoms with Crippen LogP contribution >= 0.6 is 0 Å². The van der Waals surface area contributed by atoms with Crippen molar-refractivity contribution in [2.75, 3.05) is 10.6 Å². The third-order valence-electron chi connectivity index (χ3n) is 3.20. The maximum atomic E-state index is 11.1. The van der Waals surface area contributed by atoms with E-state index < -0.39 is 11.7 Å². The predicted octanol–water partition coefficient (Wildman–Crippen LogP) is 2.42. The number of rotatable bonds is 4. The Morgan fingerprint density at radius 3 is 2.33 bits per heavy atom. The van der Waals surface area contributed by atoms with Crippen molar-refractivity contribution in [2.24, 2.45) is 0 Å². The number of aromatic nitrogens is 2. The second-order valence-corrected chi connectivity index (χ2v) is 5.72. The highest BCUT2D eigenvalue weighted by Crippen LogP contribution is 2.29. The van der Waals surface area contributed by atoms with Gasteiger partial charge in [0.2, 0.25) is 5.91 Å². The number of carbonyl (C=O) groups excluding carboxylic acids is 1. The van der Waals surface area contributed by atoms with Gasteiger partial charge in [-0.2, -0.15) is 0 Å². The summed E-state index contributed by atoms with van der Waals surface area (Å²) in [5.41, 5.74) is 0.773. The third kappa shape index (κ3) is 4.26. The number of carbonyl (C=O) groups is 2. The van der Waals surface area contributed by atoms with Gasteiger partial charge in [-0.3, -0.25) is 15.1 Å². The van der Waals surface area contributed by atoms with Crippen LogP contribution in [-0.2, 0) is 10.4 Å². The summed E-state index contributed by atoms with van der Waals surface area (Å²) in [6.45, 7) is 4.62. The Morgan fingerprint density at radius 1 is 1.12 bits per heavy atom. The fraction of sp³-hybridized carbons (Fsp3) is 0.250. The van der Waals surface area contributed by atoms with E-state index in [2.05, 4.69) is 20.6 Å². The predicted molar refractivity (Wildman–Crippen MR) is 88.7 cm³/mol. The van der Waals surface area contributed by atoms with Crippen molar-refractivity contribution in [3.63, 3.8) is 0 Å². The maximum absolute atomic E-state index is 11.1. The Balaban J connectivity index is 2.44. The normalized spacial score (nSPS) is 11.0. The molecular weight excluding hydrogens is 312 g/mol. The number of aliphatic hydroxyl groups is 1. The van der Waals surface area contributed by atoms with Crippen LogP contribution in [0, 0.1) is 0 Å². The average molecular weight is 330 g/mol. The van der Waals surface area contributed by atoms with Gasteiger partial charge in [-0.15, -0.1) is 0 Å². The lowest BCUT2D eigenvalue weighted by molar-refractivity contribution is -0.114. The molecule has 0 aromatic carbocycles. The second-order valence-electron chi connectivity index (χ2n) is 5.72. The third-order valence-corrected chi connectivity index (χ3v) is 3.20. The summed E-state index contributed by atoms with van der Waals surface area (Å²) in [7, 11) is 0. The lowest BCUT2D eigenvalue weighted by Gasteiger charge is -2.17. The lowest BCUT2D eigenvalue weighted by atomic mass is 9.99. The summed E-state index contributed by atoms with van der Waals surface area (Å²) in [5, 5.41) is 23.7. The van der Waals surface area contributed by atoms with Crippen LogP contribution in [0.3, 0.4) is 0 Å². The fourth-order valence-electron chi connectivity index (χ4n) is 2.04. The van der Waals surface area contributed by atoms with Crippen LogP contribution in [0.15, 0.2) is 30.6 Å². The minimum absolute atomic E-state index is 0.225. The number of nitrogens with zero attached hydrogens (tertiary/aromatic N) is 2. The Hall–Kier alpha value is -3.00. The Morgan fingerprint density at radius 2 is 1.83 bits per heavy atom. The molecule has 0 aliphatic heterocycles. The van der Waals surface area contributed by atoms with E-state index in [1.54, 1.807) is 26.0 Å². The van der Waals surface area contributed by atoms with Crippen LogP contribution in [0.5, 0.6) is 0 Å². The van der Waals surface area contributed by atoms with Crippen molar-refractivity contribution >= 4 is 23.5 Å². The largest absolute Gasteiger partial charge is 0.465 e. The number of hydrogen-bond donors (Lipinski definition) is 4. The molecule has 8 heteroatoms.